The summed E-state index contributed by atoms with van der Waals surface area (Å²) in [7, 11) is 0. The zero-order valence-corrected chi connectivity index (χ0v) is 52.9. The molecule has 90 heavy (non-hydrogen) atoms. The second-order valence-electron chi connectivity index (χ2n) is 29.9. The molecule has 1 aromatic carbocycles. The highest BCUT2D eigenvalue weighted by atomic mass is 16.6. The molecule has 0 radical (unpaired) electrons. The molecule has 1 aromatic rings. The lowest BCUT2D eigenvalue weighted by Gasteiger charge is -2.35. The van der Waals surface area contributed by atoms with Crippen molar-refractivity contribution in [1.29, 1.82) is 0 Å². The van der Waals surface area contributed by atoms with E-state index < -0.39 is 17.8 Å². The maximum absolute atomic E-state index is 12.2. The van der Waals surface area contributed by atoms with E-state index in [1.54, 1.807) is 24.3 Å². The van der Waals surface area contributed by atoms with Crippen LogP contribution < -0.4 is 26.6 Å². The minimum absolute atomic E-state index is 0.144. The Morgan fingerprint density at radius 1 is 0.456 bits per heavy atom. The summed E-state index contributed by atoms with van der Waals surface area (Å²) < 4.78 is 66.2. The van der Waals surface area contributed by atoms with Gasteiger partial charge in [-0.3, -0.25) is 15.4 Å². The first kappa shape index (κ1) is 62.9. The van der Waals surface area contributed by atoms with Crippen molar-refractivity contribution in [3.8, 4) is 0 Å². The Kier molecular flexibility index (Phi) is 19.2. The van der Waals surface area contributed by atoms with Crippen LogP contribution in [0.1, 0.15) is 187 Å². The van der Waals surface area contributed by atoms with E-state index in [1.165, 1.54) is 25.7 Å². The van der Waals surface area contributed by atoms with Crippen molar-refractivity contribution in [2.75, 3.05) is 37.0 Å². The maximum atomic E-state index is 12.2. The van der Waals surface area contributed by atoms with E-state index in [4.69, 9.17) is 56.8 Å². The minimum atomic E-state index is -0.469. The molecule has 17 rings (SSSR count). The van der Waals surface area contributed by atoms with E-state index in [9.17, 15) is 24.0 Å². The molecule has 8 aliphatic heterocycles. The van der Waals surface area contributed by atoms with Gasteiger partial charge in [-0.05, 0) is 216 Å². The summed E-state index contributed by atoms with van der Waals surface area (Å²) in [4.78, 5) is 60.0. The number of hydrogen-bond donors (Lipinski definition) is 5. The predicted molar refractivity (Wildman–Crippen MR) is 325 cm³/mol. The van der Waals surface area contributed by atoms with Crippen LogP contribution in [-0.2, 0) is 61.6 Å². The molecule has 8 saturated carbocycles. The van der Waals surface area contributed by atoms with E-state index in [0.29, 0.717) is 159 Å². The van der Waals surface area contributed by atoms with Crippen molar-refractivity contribution < 1.29 is 80.8 Å². The standard InChI is InChI=1S/C22H28N2O6.C16H25NO4.C16H25NO3.C14H21NO4/c25-21(27-11-13-1-7-17-19(9-13)29-17)23-15-3-5-16(6-4-15)24-22(26)28-12-14-2-8-18-20(10-14)30-18;1-16(2,9-3-5-11-13(7-9)19-11)21-15(18)17-10-4-6-12-14(8-10)20-12;18-15(10-11-4-5-12-13(9-11)19-12)17-8-7-16-6-2-1-3-14(16)20-16;16-14(15-9-2-4-11-13(6-9)19-11)17-7-8-1-3-10-12(5-8)18-10/h3-6,13-14,17-20H,1-2,7-12H2,(H,23,25)(H,24,26);9-14H,3-8H2,1-2H3,(H,17,18);11-14H,1-10H2,(H,17,18);8-13H,1-7H2,(H,15,16). The number of hydrogen-bond acceptors (Lipinski definition) is 17. The zero-order chi connectivity index (χ0) is 61.5. The Labute approximate surface area is 529 Å². The molecule has 5 amide bonds. The van der Waals surface area contributed by atoms with Gasteiger partial charge in [0.25, 0.3) is 0 Å². The number of alkyl carbamates (subject to hydrolysis) is 2. The number of fused-ring (bicyclic) bond motifs is 8. The Morgan fingerprint density at radius 3 is 1.32 bits per heavy atom. The Bertz CT molecular complexity index is 2620. The van der Waals surface area contributed by atoms with Gasteiger partial charge in [0.1, 0.15) is 5.60 Å². The maximum Gasteiger partial charge on any atom is 0.411 e. The fourth-order valence-electron chi connectivity index (χ4n) is 16.6. The number of carbonyl (C=O) groups excluding carboxylic acids is 5. The molecule has 0 aromatic heterocycles. The van der Waals surface area contributed by atoms with Crippen molar-refractivity contribution in [3.63, 3.8) is 0 Å². The van der Waals surface area contributed by atoms with E-state index in [1.807, 2.05) is 13.8 Å². The van der Waals surface area contributed by atoms with Gasteiger partial charge in [-0.1, -0.05) is 12.8 Å². The molecule has 0 spiro atoms. The number of rotatable bonds is 17. The molecule has 5 N–H and O–H groups in total. The second kappa shape index (κ2) is 27.4. The molecule has 22 heteroatoms. The predicted octanol–water partition coefficient (Wildman–Crippen LogP) is 10.1. The molecular formula is C68H99N5O17. The van der Waals surface area contributed by atoms with Crippen molar-refractivity contribution in [1.82, 2.24) is 16.0 Å². The summed E-state index contributed by atoms with van der Waals surface area (Å²) >= 11 is 0. The third-order valence-electron chi connectivity index (χ3n) is 22.7. The fourth-order valence-corrected chi connectivity index (χ4v) is 16.6. The summed E-state index contributed by atoms with van der Waals surface area (Å²) in [5.41, 5.74) is 0.934. The highest BCUT2D eigenvalue weighted by Crippen LogP contribution is 2.50. The monoisotopic (exact) mass is 1260 g/mol. The second-order valence-corrected chi connectivity index (χ2v) is 29.9. The molecular weight excluding hydrogens is 1160 g/mol. The average Bonchev–Trinajstić information content (AvgIpc) is 1.77. The zero-order valence-electron chi connectivity index (χ0n) is 52.9. The smallest absolute Gasteiger partial charge is 0.411 e. The molecule has 16 fully saturated rings. The van der Waals surface area contributed by atoms with Gasteiger partial charge in [0.15, 0.2) is 0 Å². The highest BCUT2D eigenvalue weighted by molar-refractivity contribution is 5.87. The van der Waals surface area contributed by atoms with Gasteiger partial charge in [0.2, 0.25) is 5.91 Å². The van der Waals surface area contributed by atoms with Crippen LogP contribution in [-0.4, -0.2) is 171 Å². The molecule has 8 saturated heterocycles. The third kappa shape index (κ3) is 17.4. The van der Waals surface area contributed by atoms with E-state index in [-0.39, 0.29) is 35.8 Å². The lowest BCUT2D eigenvalue weighted by Crippen LogP contribution is -2.45. The van der Waals surface area contributed by atoms with Crippen LogP contribution in [0.5, 0.6) is 0 Å². The Morgan fingerprint density at radius 2 is 0.867 bits per heavy atom. The van der Waals surface area contributed by atoms with E-state index >= 15 is 0 Å². The SMILES string of the molecule is CC(C)(OC(=O)NC1CCC2OC2C1)C1CCC2OC2C1.O=C(CC1CCC2OC2C1)NCCC12CCCCC1O2.O=C(NC1CCC2OC2C1)OCC1CCC2OC2C1.O=C(Nc1ccc(NC(=O)OCC2CCC3OC3C2)cc1)OCC1CCC2OC2C1. The first-order valence-corrected chi connectivity index (χ1v) is 35.1. The summed E-state index contributed by atoms with van der Waals surface area (Å²) in [6, 6.07) is 7.30. The van der Waals surface area contributed by atoms with E-state index in [0.717, 1.165) is 148 Å². The lowest BCUT2D eigenvalue weighted by molar-refractivity contribution is -0.122. The number of benzene rings is 1. The topological polar surface area (TPSA) is 283 Å². The summed E-state index contributed by atoms with van der Waals surface area (Å²) in [6.45, 7) is 6.21. The first-order chi connectivity index (χ1) is 43.7. The van der Waals surface area contributed by atoms with E-state index in [2.05, 4.69) is 26.6 Å². The Balaban J connectivity index is 0.000000107. The molecule has 22 nitrogen and oxygen atoms in total. The van der Waals surface area contributed by atoms with Gasteiger partial charge in [-0.2, -0.15) is 0 Å². The quantitative estimate of drug-likeness (QED) is 0.0716. The normalized spacial score (nSPS) is 41.4. The third-order valence-corrected chi connectivity index (χ3v) is 22.7. The van der Waals surface area contributed by atoms with Crippen LogP contribution in [0.15, 0.2) is 24.3 Å². The van der Waals surface area contributed by atoms with Gasteiger partial charge in [-0.15, -0.1) is 0 Å². The van der Waals surface area contributed by atoms with Crippen LogP contribution in [0.25, 0.3) is 0 Å². The molecule has 23 atom stereocenters. The number of anilines is 2. The fraction of sp³-hybridized carbons (Fsp3) is 0.838. The largest absolute Gasteiger partial charge is 0.449 e. The minimum Gasteiger partial charge on any atom is -0.449 e. The first-order valence-electron chi connectivity index (χ1n) is 35.1. The number of amides is 5. The molecule has 16 aliphatic rings. The van der Waals surface area contributed by atoms with Crippen LogP contribution in [0.3, 0.4) is 0 Å². The molecule has 498 valence electrons. The molecule has 23 unspecified atom stereocenters. The number of epoxide rings is 8. The molecule has 8 aliphatic carbocycles. The summed E-state index contributed by atoms with van der Waals surface area (Å²) in [5.74, 6) is 2.40. The number of carbonyl (C=O) groups is 5. The van der Waals surface area contributed by atoms with Crippen LogP contribution in [0.2, 0.25) is 0 Å². The van der Waals surface area contributed by atoms with Crippen molar-refractivity contribution in [2.24, 2.45) is 29.6 Å². The van der Waals surface area contributed by atoms with Crippen LogP contribution in [0, 0.1) is 29.6 Å². The van der Waals surface area contributed by atoms with Crippen molar-refractivity contribution in [2.45, 2.75) is 302 Å². The van der Waals surface area contributed by atoms with Crippen molar-refractivity contribution >= 4 is 41.7 Å². The highest BCUT2D eigenvalue weighted by Gasteiger charge is 2.57. The van der Waals surface area contributed by atoms with Crippen molar-refractivity contribution in [3.05, 3.63) is 24.3 Å². The van der Waals surface area contributed by atoms with Gasteiger partial charge in [0.05, 0.1) is 117 Å². The number of nitrogens with one attached hydrogen (secondary N) is 5. The molecule has 0 bridgehead atoms. The van der Waals surface area contributed by atoms with Gasteiger partial charge in [-0.25, -0.2) is 19.2 Å². The van der Waals surface area contributed by atoms with Gasteiger partial charge < -0.3 is 72.8 Å². The van der Waals surface area contributed by atoms with Crippen LogP contribution >= 0.6 is 0 Å². The summed E-state index contributed by atoms with van der Waals surface area (Å²) in [5, 5.41) is 14.5. The Hall–Kier alpha value is -4.55. The number of ether oxygens (including phenoxy) is 12. The van der Waals surface area contributed by atoms with Crippen LogP contribution in [0.4, 0.5) is 30.6 Å². The van der Waals surface area contributed by atoms with Gasteiger partial charge in [0, 0.05) is 42.3 Å². The summed E-state index contributed by atoms with van der Waals surface area (Å²) in [6.07, 6.45) is 34.0. The average molecular weight is 1260 g/mol. The lowest BCUT2D eigenvalue weighted by atomic mass is 9.79. The van der Waals surface area contributed by atoms with Gasteiger partial charge >= 0.3 is 24.4 Å². The molecule has 8 heterocycles.